The highest BCUT2D eigenvalue weighted by Gasteiger charge is 2.58. The van der Waals surface area contributed by atoms with Gasteiger partial charge >= 0.3 is 21.3 Å². The number of carbonyl (C=O) groups is 1. The Morgan fingerprint density at radius 3 is 2.23 bits per heavy atom. The van der Waals surface area contributed by atoms with Crippen LogP contribution in [-0.4, -0.2) is 41.5 Å². The van der Waals surface area contributed by atoms with Crippen LogP contribution in [0.1, 0.15) is 32.1 Å². The lowest BCUT2D eigenvalue weighted by molar-refractivity contribution is -0.196. The quantitative estimate of drug-likeness (QED) is 0.589. The van der Waals surface area contributed by atoms with Gasteiger partial charge in [-0.05, 0) is 49.9 Å². The molecule has 4 rings (SSSR count). The molecule has 0 saturated heterocycles. The summed E-state index contributed by atoms with van der Waals surface area (Å²) in [6.45, 7) is -0.454. The van der Waals surface area contributed by atoms with E-state index in [1.54, 1.807) is 0 Å². The van der Waals surface area contributed by atoms with Gasteiger partial charge in [-0.25, -0.2) is 4.79 Å². The van der Waals surface area contributed by atoms with Gasteiger partial charge < -0.3 is 9.84 Å². The van der Waals surface area contributed by atoms with Crippen molar-refractivity contribution in [1.82, 2.24) is 0 Å². The molecule has 2 N–H and O–H groups in total. The maximum absolute atomic E-state index is 13.2. The molecular formula is C13H18F2O6S. The summed E-state index contributed by atoms with van der Waals surface area (Å²) in [5, 5.41) is 5.71. The first kappa shape index (κ1) is 16.1. The van der Waals surface area contributed by atoms with Crippen molar-refractivity contribution in [2.75, 3.05) is 6.61 Å². The first-order valence-corrected chi connectivity index (χ1v) is 8.71. The molecule has 4 aliphatic carbocycles. The van der Waals surface area contributed by atoms with Crippen LogP contribution in [0.2, 0.25) is 0 Å². The van der Waals surface area contributed by atoms with Crippen LogP contribution in [0.25, 0.3) is 0 Å². The van der Waals surface area contributed by atoms with Gasteiger partial charge in [0, 0.05) is 5.92 Å². The number of hydrogen-bond acceptors (Lipinski definition) is 5. The zero-order chi connectivity index (χ0) is 16.3. The Hall–Kier alpha value is -0.800. The fourth-order valence-corrected chi connectivity index (χ4v) is 5.02. The van der Waals surface area contributed by atoms with E-state index in [0.717, 1.165) is 19.3 Å². The highest BCUT2D eigenvalue weighted by molar-refractivity contribution is 7.87. The molecule has 3 atom stereocenters. The van der Waals surface area contributed by atoms with Gasteiger partial charge in [0.1, 0.15) is 0 Å². The fourth-order valence-electron chi connectivity index (χ4n) is 4.75. The summed E-state index contributed by atoms with van der Waals surface area (Å²) in [6, 6.07) is 0. The van der Waals surface area contributed by atoms with Crippen molar-refractivity contribution in [3.8, 4) is 0 Å². The average Bonchev–Trinajstić information content (AvgIpc) is 2.34. The molecule has 0 aliphatic heterocycles. The predicted molar refractivity (Wildman–Crippen MR) is 69.4 cm³/mol. The molecule has 4 saturated carbocycles. The second kappa shape index (κ2) is 4.85. The molecule has 3 unspecified atom stereocenters. The van der Waals surface area contributed by atoms with E-state index in [9.17, 15) is 27.1 Å². The van der Waals surface area contributed by atoms with Gasteiger partial charge in [0.15, 0.2) is 0 Å². The number of rotatable bonds is 4. The van der Waals surface area contributed by atoms with E-state index in [1.165, 1.54) is 0 Å². The number of ether oxygens (including phenoxy) is 1. The number of aliphatic hydroxyl groups is 1. The van der Waals surface area contributed by atoms with Gasteiger partial charge in [0.2, 0.25) is 0 Å². The third kappa shape index (κ3) is 2.43. The molecule has 4 aliphatic rings. The van der Waals surface area contributed by atoms with Crippen LogP contribution in [0.5, 0.6) is 0 Å². The van der Waals surface area contributed by atoms with Crippen molar-refractivity contribution in [1.29, 1.82) is 0 Å². The first-order valence-electron chi connectivity index (χ1n) is 7.27. The lowest BCUT2D eigenvalue weighted by Crippen LogP contribution is -2.58. The SMILES string of the molecule is O=C(OCC1C2CC3CC(C2)CC1(O)C3)C(F)(F)S(=O)(=O)O. The van der Waals surface area contributed by atoms with E-state index in [1.807, 2.05) is 0 Å². The Balaban J connectivity index is 1.68. The van der Waals surface area contributed by atoms with Gasteiger partial charge in [-0.15, -0.1) is 0 Å². The minimum absolute atomic E-state index is 0.100. The van der Waals surface area contributed by atoms with E-state index in [4.69, 9.17) is 4.55 Å². The summed E-state index contributed by atoms with van der Waals surface area (Å²) in [6.07, 6.45) is 3.95. The maximum Gasteiger partial charge on any atom is 0.465 e. The lowest BCUT2D eigenvalue weighted by atomic mass is 9.50. The molecule has 4 bridgehead atoms. The fraction of sp³-hybridized carbons (Fsp3) is 0.923. The lowest BCUT2D eigenvalue weighted by Gasteiger charge is -2.58. The van der Waals surface area contributed by atoms with Crippen molar-refractivity contribution in [3.63, 3.8) is 0 Å². The molecule has 6 nitrogen and oxygen atoms in total. The minimum Gasteiger partial charge on any atom is -0.460 e. The van der Waals surface area contributed by atoms with Gasteiger partial charge in [-0.1, -0.05) is 0 Å². The summed E-state index contributed by atoms with van der Waals surface area (Å²) in [7, 11) is -5.86. The molecule has 0 radical (unpaired) electrons. The smallest absolute Gasteiger partial charge is 0.460 e. The van der Waals surface area contributed by atoms with E-state index in [2.05, 4.69) is 4.74 Å². The number of halogens is 2. The maximum atomic E-state index is 13.2. The van der Waals surface area contributed by atoms with E-state index < -0.39 is 39.5 Å². The molecule has 126 valence electrons. The summed E-state index contributed by atoms with van der Waals surface area (Å²) in [5.74, 6) is -1.81. The van der Waals surface area contributed by atoms with E-state index in [0.29, 0.717) is 24.7 Å². The monoisotopic (exact) mass is 340 g/mol. The molecular weight excluding hydrogens is 322 g/mol. The largest absolute Gasteiger partial charge is 0.465 e. The molecule has 0 aromatic carbocycles. The molecule has 9 heteroatoms. The molecule has 4 fully saturated rings. The normalized spacial score (nSPS) is 40.7. The number of esters is 1. The predicted octanol–water partition coefficient (Wildman–Crippen LogP) is 1.20. The third-order valence-electron chi connectivity index (χ3n) is 5.44. The zero-order valence-electron chi connectivity index (χ0n) is 11.7. The standard InChI is InChI=1S/C13H18F2O6S/c14-13(15,22(18,19)20)11(16)21-6-10-9-2-7-1-8(3-9)5-12(10,17)4-7/h7-10,17H,1-6H2,(H,18,19,20). The highest BCUT2D eigenvalue weighted by atomic mass is 32.2. The van der Waals surface area contributed by atoms with E-state index in [-0.39, 0.29) is 5.92 Å². The second-order valence-electron chi connectivity index (χ2n) is 6.91. The van der Waals surface area contributed by atoms with Crippen molar-refractivity contribution < 1.29 is 36.4 Å². The Morgan fingerprint density at radius 2 is 1.77 bits per heavy atom. The van der Waals surface area contributed by atoms with Crippen LogP contribution in [0.3, 0.4) is 0 Å². The van der Waals surface area contributed by atoms with Crippen molar-refractivity contribution in [2.45, 2.75) is 43.0 Å². The average molecular weight is 340 g/mol. The van der Waals surface area contributed by atoms with Gasteiger partial charge in [0.25, 0.3) is 0 Å². The summed E-state index contributed by atoms with van der Waals surface area (Å²) >= 11 is 0. The Kier molecular flexibility index (Phi) is 3.54. The Morgan fingerprint density at radius 1 is 1.23 bits per heavy atom. The minimum atomic E-state index is -5.86. The van der Waals surface area contributed by atoms with Crippen LogP contribution in [0.15, 0.2) is 0 Å². The van der Waals surface area contributed by atoms with Gasteiger partial charge in [0.05, 0.1) is 12.2 Å². The van der Waals surface area contributed by atoms with Crippen LogP contribution >= 0.6 is 0 Å². The summed E-state index contributed by atoms with van der Waals surface area (Å²) in [4.78, 5) is 11.3. The van der Waals surface area contributed by atoms with Crippen LogP contribution in [0.4, 0.5) is 8.78 Å². The first-order chi connectivity index (χ1) is 10.0. The number of carbonyl (C=O) groups excluding carboxylic acids is 1. The molecule has 0 aromatic heterocycles. The van der Waals surface area contributed by atoms with Crippen molar-refractivity contribution in [3.05, 3.63) is 0 Å². The molecule has 0 spiro atoms. The Labute approximate surface area is 126 Å². The highest BCUT2D eigenvalue weighted by Crippen LogP contribution is 2.58. The summed E-state index contributed by atoms with van der Waals surface area (Å²) in [5.41, 5.74) is -1.03. The molecule has 22 heavy (non-hydrogen) atoms. The molecule has 0 heterocycles. The molecule has 0 aromatic rings. The van der Waals surface area contributed by atoms with Crippen LogP contribution in [-0.2, 0) is 19.6 Å². The topological polar surface area (TPSA) is 101 Å². The van der Waals surface area contributed by atoms with Crippen molar-refractivity contribution in [2.24, 2.45) is 23.7 Å². The van der Waals surface area contributed by atoms with Gasteiger partial charge in [-0.3, -0.25) is 4.55 Å². The number of hydrogen-bond donors (Lipinski definition) is 2. The van der Waals surface area contributed by atoms with Crippen LogP contribution in [0, 0.1) is 23.7 Å². The van der Waals surface area contributed by atoms with Crippen LogP contribution < -0.4 is 0 Å². The van der Waals surface area contributed by atoms with Gasteiger partial charge in [-0.2, -0.15) is 17.2 Å². The third-order valence-corrected chi connectivity index (χ3v) is 6.25. The number of alkyl halides is 2. The zero-order valence-corrected chi connectivity index (χ0v) is 12.6. The second-order valence-corrected chi connectivity index (χ2v) is 8.37. The summed E-state index contributed by atoms with van der Waals surface area (Å²) < 4.78 is 60.1. The Bertz CT molecular complexity index is 575. The van der Waals surface area contributed by atoms with Crippen molar-refractivity contribution >= 4 is 16.1 Å². The molecule has 0 amide bonds. The van der Waals surface area contributed by atoms with E-state index >= 15 is 0 Å².